The molecule has 1 N–H and O–H groups in total. The minimum absolute atomic E-state index is 0.741. The Morgan fingerprint density at radius 3 is 3.08 bits per heavy atom. The number of nitrogens with one attached hydrogen (secondary N) is 1. The Hall–Kier alpha value is -0.210. The summed E-state index contributed by atoms with van der Waals surface area (Å²) in [7, 11) is 0. The van der Waals surface area contributed by atoms with Gasteiger partial charge >= 0.3 is 0 Å². The van der Waals surface area contributed by atoms with Crippen molar-refractivity contribution in [2.75, 3.05) is 18.8 Å². The zero-order valence-electron chi connectivity index (χ0n) is 7.42. The van der Waals surface area contributed by atoms with Gasteiger partial charge in [0.25, 0.3) is 0 Å². The van der Waals surface area contributed by atoms with E-state index in [1.807, 2.05) is 11.8 Å². The lowest BCUT2D eigenvalue weighted by Crippen LogP contribution is -2.32. The topological polar surface area (TPSA) is 12.0 Å². The van der Waals surface area contributed by atoms with Crippen molar-refractivity contribution in [3.8, 4) is 0 Å². The molecule has 2 aliphatic rings. The van der Waals surface area contributed by atoms with Crippen molar-refractivity contribution in [2.24, 2.45) is 11.8 Å². The molecule has 2 atom stereocenters. The van der Waals surface area contributed by atoms with Crippen molar-refractivity contribution < 1.29 is 0 Å². The van der Waals surface area contributed by atoms with Gasteiger partial charge in [0.1, 0.15) is 0 Å². The zero-order valence-corrected chi connectivity index (χ0v) is 8.23. The van der Waals surface area contributed by atoms with Crippen LogP contribution in [-0.4, -0.2) is 18.8 Å². The first-order valence-corrected chi connectivity index (χ1v) is 5.57. The maximum Gasteiger partial charge on any atom is 0.0162 e. The summed E-state index contributed by atoms with van der Waals surface area (Å²) in [6.07, 6.45) is 4.80. The van der Waals surface area contributed by atoms with Crippen molar-refractivity contribution in [1.82, 2.24) is 5.32 Å². The van der Waals surface area contributed by atoms with Gasteiger partial charge in [-0.05, 0) is 24.2 Å². The average molecular weight is 181 g/mol. The average Bonchev–Trinajstić information content (AvgIpc) is 2.56. The highest BCUT2D eigenvalue weighted by Gasteiger charge is 2.21. The Labute approximate surface area is 78.3 Å². The fourth-order valence-electron chi connectivity index (χ4n) is 1.84. The molecule has 0 fully saturated rings. The van der Waals surface area contributed by atoms with Crippen molar-refractivity contribution in [3.63, 3.8) is 0 Å². The molecule has 66 valence electrons. The number of hydrogen-bond donors (Lipinski definition) is 1. The van der Waals surface area contributed by atoms with E-state index in [0.717, 1.165) is 24.9 Å². The number of allylic oxidation sites excluding steroid dienone is 1. The van der Waals surface area contributed by atoms with E-state index in [1.165, 1.54) is 11.3 Å². The van der Waals surface area contributed by atoms with Crippen LogP contribution in [0.1, 0.15) is 6.92 Å². The standard InChI is InChI=1S/C10H15NS/c1-8-4-10(6-11-5-8)9-2-3-12-7-9/h2-4,9-11H,5-7H2,1H3. The Morgan fingerprint density at radius 1 is 1.50 bits per heavy atom. The summed E-state index contributed by atoms with van der Waals surface area (Å²) in [5.41, 5.74) is 1.50. The molecule has 0 saturated carbocycles. The van der Waals surface area contributed by atoms with Gasteiger partial charge in [0.05, 0.1) is 0 Å². The van der Waals surface area contributed by atoms with Gasteiger partial charge < -0.3 is 5.32 Å². The molecule has 0 aromatic heterocycles. The molecule has 0 amide bonds. The minimum Gasteiger partial charge on any atom is -0.312 e. The van der Waals surface area contributed by atoms with Crippen LogP contribution >= 0.6 is 11.8 Å². The molecule has 0 radical (unpaired) electrons. The first kappa shape index (κ1) is 8.39. The SMILES string of the molecule is CC1=CC(C2C=CSC2)CNC1. The van der Waals surface area contributed by atoms with Gasteiger partial charge in [-0.15, -0.1) is 11.8 Å². The van der Waals surface area contributed by atoms with E-state index in [9.17, 15) is 0 Å². The van der Waals surface area contributed by atoms with Crippen LogP contribution in [0.4, 0.5) is 0 Å². The predicted octanol–water partition coefficient (Wildman–Crippen LogP) is 2.03. The summed E-state index contributed by atoms with van der Waals surface area (Å²) >= 11 is 1.94. The largest absolute Gasteiger partial charge is 0.312 e. The first-order valence-electron chi connectivity index (χ1n) is 4.52. The van der Waals surface area contributed by atoms with Gasteiger partial charge in [0.2, 0.25) is 0 Å². The summed E-state index contributed by atoms with van der Waals surface area (Å²) in [5.74, 6) is 2.79. The summed E-state index contributed by atoms with van der Waals surface area (Å²) in [4.78, 5) is 0. The van der Waals surface area contributed by atoms with Crippen LogP contribution in [-0.2, 0) is 0 Å². The summed E-state index contributed by atoms with van der Waals surface area (Å²) in [6.45, 7) is 4.46. The summed E-state index contributed by atoms with van der Waals surface area (Å²) in [5, 5.41) is 5.69. The lowest BCUT2D eigenvalue weighted by Gasteiger charge is -2.24. The van der Waals surface area contributed by atoms with E-state index in [4.69, 9.17) is 0 Å². The molecule has 12 heavy (non-hydrogen) atoms. The van der Waals surface area contributed by atoms with E-state index in [0.29, 0.717) is 0 Å². The fraction of sp³-hybridized carbons (Fsp3) is 0.600. The maximum absolute atomic E-state index is 3.45. The number of rotatable bonds is 1. The second kappa shape index (κ2) is 3.67. The molecule has 2 unspecified atom stereocenters. The van der Waals surface area contributed by atoms with Gasteiger partial charge in [-0.2, -0.15) is 0 Å². The smallest absolute Gasteiger partial charge is 0.0162 e. The Morgan fingerprint density at radius 2 is 2.42 bits per heavy atom. The molecule has 1 nitrogen and oxygen atoms in total. The highest BCUT2D eigenvalue weighted by Crippen LogP contribution is 2.29. The van der Waals surface area contributed by atoms with E-state index in [1.54, 1.807) is 0 Å². The normalized spacial score (nSPS) is 35.2. The third kappa shape index (κ3) is 1.75. The minimum atomic E-state index is 0.741. The van der Waals surface area contributed by atoms with Crippen molar-refractivity contribution in [3.05, 3.63) is 23.1 Å². The Kier molecular flexibility index (Phi) is 2.57. The zero-order chi connectivity index (χ0) is 8.39. The monoisotopic (exact) mass is 181 g/mol. The van der Waals surface area contributed by atoms with Gasteiger partial charge in [0.15, 0.2) is 0 Å². The first-order chi connectivity index (χ1) is 5.86. The third-order valence-electron chi connectivity index (χ3n) is 2.54. The lowest BCUT2D eigenvalue weighted by atomic mass is 9.90. The lowest BCUT2D eigenvalue weighted by molar-refractivity contribution is 0.464. The molecule has 0 aliphatic carbocycles. The van der Waals surface area contributed by atoms with Crippen LogP contribution in [0.5, 0.6) is 0 Å². The van der Waals surface area contributed by atoms with E-state index in [-0.39, 0.29) is 0 Å². The fourth-order valence-corrected chi connectivity index (χ4v) is 2.84. The number of thioether (sulfide) groups is 1. The van der Waals surface area contributed by atoms with Crippen LogP contribution in [0.25, 0.3) is 0 Å². The third-order valence-corrected chi connectivity index (χ3v) is 3.47. The molecular weight excluding hydrogens is 166 g/mol. The highest BCUT2D eigenvalue weighted by atomic mass is 32.2. The van der Waals surface area contributed by atoms with Crippen LogP contribution < -0.4 is 5.32 Å². The quantitative estimate of drug-likeness (QED) is 0.621. The van der Waals surface area contributed by atoms with E-state index >= 15 is 0 Å². The predicted molar refractivity (Wildman–Crippen MR) is 55.2 cm³/mol. The molecule has 0 aromatic carbocycles. The van der Waals surface area contributed by atoms with Gasteiger partial charge in [-0.1, -0.05) is 17.7 Å². The molecule has 0 bridgehead atoms. The molecule has 2 heterocycles. The molecule has 2 rings (SSSR count). The van der Waals surface area contributed by atoms with Gasteiger partial charge in [-0.3, -0.25) is 0 Å². The molecule has 0 aromatic rings. The molecule has 2 aliphatic heterocycles. The van der Waals surface area contributed by atoms with Gasteiger partial charge in [-0.25, -0.2) is 0 Å². The van der Waals surface area contributed by atoms with Crippen molar-refractivity contribution in [1.29, 1.82) is 0 Å². The van der Waals surface area contributed by atoms with Crippen LogP contribution in [0, 0.1) is 11.8 Å². The molecule has 0 saturated heterocycles. The Balaban J connectivity index is 2.03. The summed E-state index contributed by atoms with van der Waals surface area (Å²) < 4.78 is 0. The van der Waals surface area contributed by atoms with E-state index < -0.39 is 0 Å². The molecule has 2 heteroatoms. The van der Waals surface area contributed by atoms with Crippen molar-refractivity contribution >= 4 is 11.8 Å². The second-order valence-electron chi connectivity index (χ2n) is 3.63. The highest BCUT2D eigenvalue weighted by molar-refractivity contribution is 8.02. The number of hydrogen-bond acceptors (Lipinski definition) is 2. The second-order valence-corrected chi connectivity index (χ2v) is 4.57. The van der Waals surface area contributed by atoms with E-state index in [2.05, 4.69) is 29.8 Å². The Bertz CT molecular complexity index is 220. The summed E-state index contributed by atoms with van der Waals surface area (Å²) in [6, 6.07) is 0. The molecular formula is C10H15NS. The van der Waals surface area contributed by atoms with Crippen LogP contribution in [0.15, 0.2) is 23.1 Å². The van der Waals surface area contributed by atoms with Gasteiger partial charge in [0, 0.05) is 18.8 Å². The van der Waals surface area contributed by atoms with Crippen LogP contribution in [0.2, 0.25) is 0 Å². The van der Waals surface area contributed by atoms with Crippen LogP contribution in [0.3, 0.4) is 0 Å². The maximum atomic E-state index is 3.45. The van der Waals surface area contributed by atoms with Crippen molar-refractivity contribution in [2.45, 2.75) is 6.92 Å². The molecule has 0 spiro atoms.